The Kier molecular flexibility index (Phi) is 5.81. The molecule has 0 radical (unpaired) electrons. The van der Waals surface area contributed by atoms with Gasteiger partial charge in [-0.15, -0.1) is 0 Å². The summed E-state index contributed by atoms with van der Waals surface area (Å²) in [5, 5.41) is 14.3. The standard InChI is InChI=1S/C23H23N3O6/c1-32-15-5-2-13(3-6-15)14-4-7-17-16(12-14)23(31)26-11-10-18(21(26)22(30)25-17)24-19(27)8-9-20(28)29/h2-7,12,18,21H,8-11H2,1H3,(H,24,27)(H,25,30)(H,28,29)/t18-,21-/m0/s1. The number of anilines is 1. The van der Waals surface area contributed by atoms with Crippen LogP contribution in [0, 0.1) is 0 Å². The Morgan fingerprint density at radius 2 is 1.84 bits per heavy atom. The summed E-state index contributed by atoms with van der Waals surface area (Å²) >= 11 is 0. The first-order valence-electron chi connectivity index (χ1n) is 10.3. The molecule has 1 fully saturated rings. The van der Waals surface area contributed by atoms with Gasteiger partial charge < -0.3 is 25.4 Å². The van der Waals surface area contributed by atoms with Gasteiger partial charge in [-0.3, -0.25) is 19.2 Å². The van der Waals surface area contributed by atoms with Crippen molar-refractivity contribution in [2.45, 2.75) is 31.3 Å². The number of carboxylic acid groups (broad SMARTS) is 1. The van der Waals surface area contributed by atoms with E-state index in [1.165, 1.54) is 4.90 Å². The van der Waals surface area contributed by atoms with Crippen molar-refractivity contribution in [1.82, 2.24) is 10.2 Å². The van der Waals surface area contributed by atoms with Crippen LogP contribution >= 0.6 is 0 Å². The van der Waals surface area contributed by atoms with E-state index < -0.39 is 24.0 Å². The van der Waals surface area contributed by atoms with Gasteiger partial charge in [-0.2, -0.15) is 0 Å². The molecule has 2 aliphatic heterocycles. The molecule has 2 aliphatic rings. The maximum atomic E-state index is 13.3. The zero-order valence-electron chi connectivity index (χ0n) is 17.5. The number of hydrogen-bond acceptors (Lipinski definition) is 5. The molecule has 0 aromatic heterocycles. The van der Waals surface area contributed by atoms with Crippen LogP contribution in [0.2, 0.25) is 0 Å². The van der Waals surface area contributed by atoms with Gasteiger partial charge >= 0.3 is 5.97 Å². The van der Waals surface area contributed by atoms with Crippen LogP contribution in [-0.4, -0.2) is 59.4 Å². The van der Waals surface area contributed by atoms with Crippen molar-refractivity contribution in [3.05, 3.63) is 48.0 Å². The maximum Gasteiger partial charge on any atom is 0.303 e. The second-order valence-electron chi connectivity index (χ2n) is 7.78. The summed E-state index contributed by atoms with van der Waals surface area (Å²) in [6, 6.07) is 11.3. The first-order chi connectivity index (χ1) is 15.4. The highest BCUT2D eigenvalue weighted by Gasteiger charge is 2.45. The van der Waals surface area contributed by atoms with Crippen molar-refractivity contribution in [2.75, 3.05) is 19.0 Å². The molecule has 0 unspecified atom stereocenters. The summed E-state index contributed by atoms with van der Waals surface area (Å²) in [6.07, 6.45) is -0.0622. The molecule has 166 valence electrons. The molecule has 1 saturated heterocycles. The molecule has 2 atom stereocenters. The number of aliphatic carboxylic acids is 1. The first kappa shape index (κ1) is 21.4. The van der Waals surface area contributed by atoms with Crippen molar-refractivity contribution in [3.63, 3.8) is 0 Å². The Hall–Kier alpha value is -3.88. The number of carbonyl (C=O) groups is 4. The van der Waals surface area contributed by atoms with Gasteiger partial charge in [0.25, 0.3) is 5.91 Å². The fourth-order valence-corrected chi connectivity index (χ4v) is 4.15. The van der Waals surface area contributed by atoms with E-state index in [0.717, 1.165) is 16.9 Å². The van der Waals surface area contributed by atoms with Crippen molar-refractivity contribution in [2.24, 2.45) is 0 Å². The Morgan fingerprint density at radius 3 is 2.53 bits per heavy atom. The van der Waals surface area contributed by atoms with Crippen LogP contribution in [0.15, 0.2) is 42.5 Å². The minimum atomic E-state index is -1.07. The third-order valence-electron chi connectivity index (χ3n) is 5.77. The zero-order valence-corrected chi connectivity index (χ0v) is 17.5. The number of rotatable bonds is 6. The molecule has 3 amide bonds. The molecule has 32 heavy (non-hydrogen) atoms. The molecule has 4 rings (SSSR count). The topological polar surface area (TPSA) is 125 Å². The number of methoxy groups -OCH3 is 1. The number of carbonyl (C=O) groups excluding carboxylic acids is 3. The highest BCUT2D eigenvalue weighted by atomic mass is 16.5. The monoisotopic (exact) mass is 437 g/mol. The van der Waals surface area contributed by atoms with Gasteiger partial charge in [-0.25, -0.2) is 0 Å². The second kappa shape index (κ2) is 8.70. The maximum absolute atomic E-state index is 13.3. The van der Waals surface area contributed by atoms with E-state index in [4.69, 9.17) is 9.84 Å². The fourth-order valence-electron chi connectivity index (χ4n) is 4.15. The highest BCUT2D eigenvalue weighted by molar-refractivity contribution is 6.11. The molecule has 0 spiro atoms. The number of carboxylic acids is 1. The molecule has 3 N–H and O–H groups in total. The molecular weight excluding hydrogens is 414 g/mol. The second-order valence-corrected chi connectivity index (χ2v) is 7.78. The van der Waals surface area contributed by atoms with Crippen molar-refractivity contribution in [3.8, 4) is 16.9 Å². The quantitative estimate of drug-likeness (QED) is 0.634. The molecule has 0 saturated carbocycles. The molecule has 2 aromatic carbocycles. The molecule has 0 aliphatic carbocycles. The summed E-state index contributed by atoms with van der Waals surface area (Å²) in [7, 11) is 1.59. The van der Waals surface area contributed by atoms with Crippen molar-refractivity contribution < 1.29 is 29.0 Å². The minimum absolute atomic E-state index is 0.181. The van der Waals surface area contributed by atoms with E-state index in [9.17, 15) is 19.2 Å². The van der Waals surface area contributed by atoms with Crippen LogP contribution in [0.1, 0.15) is 29.6 Å². The van der Waals surface area contributed by atoms with Gasteiger partial charge in [-0.1, -0.05) is 18.2 Å². The molecular formula is C23H23N3O6. The average Bonchev–Trinajstić information content (AvgIpc) is 3.16. The van der Waals surface area contributed by atoms with Gasteiger partial charge in [0, 0.05) is 13.0 Å². The molecule has 2 heterocycles. The number of hydrogen-bond donors (Lipinski definition) is 3. The fraction of sp³-hybridized carbons (Fsp3) is 0.304. The SMILES string of the molecule is COc1ccc(-c2ccc3c(c2)C(=O)N2CC[C@H](NC(=O)CCC(=O)O)[C@H]2C(=O)N3)cc1. The number of nitrogens with one attached hydrogen (secondary N) is 2. The van der Waals surface area contributed by atoms with E-state index in [0.29, 0.717) is 24.2 Å². The van der Waals surface area contributed by atoms with Crippen LogP contribution in [0.4, 0.5) is 5.69 Å². The smallest absolute Gasteiger partial charge is 0.303 e. The normalized spacial score (nSPS) is 19.5. The summed E-state index contributed by atoms with van der Waals surface area (Å²) in [4.78, 5) is 50.5. The molecule has 9 nitrogen and oxygen atoms in total. The predicted octanol–water partition coefficient (Wildman–Crippen LogP) is 1.88. The minimum Gasteiger partial charge on any atom is -0.497 e. The summed E-state index contributed by atoms with van der Waals surface area (Å²) < 4.78 is 5.19. The van der Waals surface area contributed by atoms with Gasteiger partial charge in [-0.05, 0) is 41.8 Å². The summed E-state index contributed by atoms with van der Waals surface area (Å²) in [5.74, 6) is -1.47. The molecule has 9 heteroatoms. The Bertz CT molecular complexity index is 1080. The van der Waals surface area contributed by atoms with E-state index >= 15 is 0 Å². The average molecular weight is 437 g/mol. The van der Waals surface area contributed by atoms with Crippen LogP contribution in [0.25, 0.3) is 11.1 Å². The van der Waals surface area contributed by atoms with Gasteiger partial charge in [0.15, 0.2) is 0 Å². The molecule has 0 bridgehead atoms. The van der Waals surface area contributed by atoms with Crippen LogP contribution < -0.4 is 15.4 Å². The third-order valence-corrected chi connectivity index (χ3v) is 5.77. The van der Waals surface area contributed by atoms with Crippen LogP contribution in [-0.2, 0) is 14.4 Å². The number of amides is 3. The Balaban J connectivity index is 1.57. The lowest BCUT2D eigenvalue weighted by Gasteiger charge is -2.24. The van der Waals surface area contributed by atoms with E-state index in [1.807, 2.05) is 30.3 Å². The number of ether oxygens (including phenoxy) is 1. The van der Waals surface area contributed by atoms with Crippen molar-refractivity contribution in [1.29, 1.82) is 0 Å². The molecule has 2 aromatic rings. The number of fused-ring (bicyclic) bond motifs is 2. The zero-order chi connectivity index (χ0) is 22.8. The van der Waals surface area contributed by atoms with Crippen LogP contribution in [0.5, 0.6) is 5.75 Å². The summed E-state index contributed by atoms with van der Waals surface area (Å²) in [6.45, 7) is 0.313. The van der Waals surface area contributed by atoms with E-state index in [2.05, 4.69) is 10.6 Å². The van der Waals surface area contributed by atoms with Gasteiger partial charge in [0.1, 0.15) is 11.8 Å². The van der Waals surface area contributed by atoms with Crippen molar-refractivity contribution >= 4 is 29.4 Å². The lowest BCUT2D eigenvalue weighted by Crippen LogP contribution is -2.51. The van der Waals surface area contributed by atoms with Gasteiger partial charge in [0.2, 0.25) is 11.8 Å². The number of benzene rings is 2. The van der Waals surface area contributed by atoms with E-state index in [1.54, 1.807) is 19.2 Å². The largest absolute Gasteiger partial charge is 0.497 e. The Labute approximate surface area is 184 Å². The van der Waals surface area contributed by atoms with Crippen LogP contribution in [0.3, 0.4) is 0 Å². The van der Waals surface area contributed by atoms with E-state index in [-0.39, 0.29) is 24.7 Å². The third kappa shape index (κ3) is 4.14. The predicted molar refractivity (Wildman–Crippen MR) is 115 cm³/mol. The summed E-state index contributed by atoms with van der Waals surface area (Å²) in [5.41, 5.74) is 2.53. The number of nitrogens with zero attached hydrogens (tertiary/aromatic N) is 1. The lowest BCUT2D eigenvalue weighted by molar-refractivity contribution is -0.139. The Morgan fingerprint density at radius 1 is 1.12 bits per heavy atom. The highest BCUT2D eigenvalue weighted by Crippen LogP contribution is 2.32. The first-order valence-corrected chi connectivity index (χ1v) is 10.3. The van der Waals surface area contributed by atoms with Gasteiger partial charge in [0.05, 0.1) is 30.8 Å². The lowest BCUT2D eigenvalue weighted by atomic mass is 10.0.